The molecule has 0 atom stereocenters. The van der Waals surface area contributed by atoms with E-state index in [1.807, 2.05) is 42.5 Å². The summed E-state index contributed by atoms with van der Waals surface area (Å²) in [6.45, 7) is 4.50. The number of hydrogen-bond acceptors (Lipinski definition) is 4. The van der Waals surface area contributed by atoms with Crippen LogP contribution in [-0.2, 0) is 16.1 Å². The molecule has 0 saturated carbocycles. The molecule has 1 heterocycles. The molecule has 5 nitrogen and oxygen atoms in total. The fourth-order valence-corrected chi connectivity index (χ4v) is 2.90. The van der Waals surface area contributed by atoms with Gasteiger partial charge in [-0.15, -0.1) is 0 Å². The van der Waals surface area contributed by atoms with Gasteiger partial charge in [-0.1, -0.05) is 42.5 Å². The van der Waals surface area contributed by atoms with Crippen LogP contribution in [0.15, 0.2) is 54.6 Å². The van der Waals surface area contributed by atoms with Gasteiger partial charge in [-0.25, -0.2) is 0 Å². The molecule has 0 spiro atoms. The Morgan fingerprint density at radius 2 is 1.72 bits per heavy atom. The highest BCUT2D eigenvalue weighted by atomic mass is 16.5. The molecule has 1 aliphatic rings. The van der Waals surface area contributed by atoms with E-state index in [1.165, 1.54) is 5.69 Å². The molecular weight excluding hydrogens is 314 g/mol. The first-order chi connectivity index (χ1) is 12.3. The van der Waals surface area contributed by atoms with Gasteiger partial charge >= 0.3 is 0 Å². The predicted molar refractivity (Wildman–Crippen MR) is 101 cm³/mol. The zero-order chi connectivity index (χ0) is 17.3. The van der Waals surface area contributed by atoms with Crippen molar-refractivity contribution in [1.29, 1.82) is 0 Å². The third-order valence-corrected chi connectivity index (χ3v) is 4.26. The Hall–Kier alpha value is -2.53. The molecule has 2 aromatic rings. The standard InChI is InChI=1S/C20H25N3O2/c24-20(22-16-17-6-2-1-3-7-17)10-11-21-18-8-4-5-9-19(18)23-12-14-25-15-13-23/h1-9,21H,10-16H2,(H,22,24). The number of para-hydroxylation sites is 2. The first-order valence-corrected chi connectivity index (χ1v) is 8.79. The lowest BCUT2D eigenvalue weighted by Gasteiger charge is -2.30. The summed E-state index contributed by atoms with van der Waals surface area (Å²) in [6.07, 6.45) is 0.449. The van der Waals surface area contributed by atoms with Crippen molar-refractivity contribution in [2.45, 2.75) is 13.0 Å². The van der Waals surface area contributed by atoms with Crippen molar-refractivity contribution in [2.24, 2.45) is 0 Å². The monoisotopic (exact) mass is 339 g/mol. The van der Waals surface area contributed by atoms with E-state index < -0.39 is 0 Å². The summed E-state index contributed by atoms with van der Waals surface area (Å²) in [7, 11) is 0. The summed E-state index contributed by atoms with van der Waals surface area (Å²) in [5.41, 5.74) is 3.36. The predicted octanol–water partition coefficient (Wildman–Crippen LogP) is 2.64. The lowest BCUT2D eigenvalue weighted by Crippen LogP contribution is -2.36. The fourth-order valence-electron chi connectivity index (χ4n) is 2.90. The molecule has 0 bridgehead atoms. The van der Waals surface area contributed by atoms with Crippen LogP contribution in [0.3, 0.4) is 0 Å². The second kappa shape index (κ2) is 9.08. The van der Waals surface area contributed by atoms with Crippen molar-refractivity contribution in [2.75, 3.05) is 43.1 Å². The summed E-state index contributed by atoms with van der Waals surface area (Å²) in [5.74, 6) is 0.0557. The number of carbonyl (C=O) groups excluding carboxylic acids is 1. The summed E-state index contributed by atoms with van der Waals surface area (Å²) in [4.78, 5) is 14.3. The van der Waals surface area contributed by atoms with Gasteiger partial charge in [0, 0.05) is 32.6 Å². The number of ether oxygens (including phenoxy) is 1. The molecule has 0 aliphatic carbocycles. The molecule has 0 unspecified atom stereocenters. The van der Waals surface area contributed by atoms with Crippen LogP contribution >= 0.6 is 0 Å². The van der Waals surface area contributed by atoms with Crippen molar-refractivity contribution < 1.29 is 9.53 Å². The molecule has 25 heavy (non-hydrogen) atoms. The SMILES string of the molecule is O=C(CCNc1ccccc1N1CCOCC1)NCc1ccccc1. The summed E-state index contributed by atoms with van der Waals surface area (Å²) >= 11 is 0. The van der Waals surface area contributed by atoms with Gasteiger partial charge in [0.05, 0.1) is 24.6 Å². The van der Waals surface area contributed by atoms with Crippen molar-refractivity contribution in [3.63, 3.8) is 0 Å². The largest absolute Gasteiger partial charge is 0.383 e. The van der Waals surface area contributed by atoms with E-state index in [2.05, 4.69) is 27.7 Å². The van der Waals surface area contributed by atoms with Gasteiger partial charge < -0.3 is 20.3 Å². The minimum Gasteiger partial charge on any atom is -0.383 e. The fraction of sp³-hybridized carbons (Fsp3) is 0.350. The van der Waals surface area contributed by atoms with E-state index in [1.54, 1.807) is 0 Å². The maximum atomic E-state index is 12.0. The van der Waals surface area contributed by atoms with Crippen LogP contribution in [-0.4, -0.2) is 38.8 Å². The Kier molecular flexibility index (Phi) is 6.29. The third-order valence-electron chi connectivity index (χ3n) is 4.26. The Bertz CT molecular complexity index is 670. The van der Waals surface area contributed by atoms with Gasteiger partial charge in [-0.2, -0.15) is 0 Å². The molecule has 5 heteroatoms. The lowest BCUT2D eigenvalue weighted by atomic mass is 10.2. The van der Waals surface area contributed by atoms with E-state index >= 15 is 0 Å². The Morgan fingerprint density at radius 3 is 2.52 bits per heavy atom. The van der Waals surface area contributed by atoms with Gasteiger partial charge in [0.1, 0.15) is 0 Å². The van der Waals surface area contributed by atoms with Gasteiger partial charge in [0.2, 0.25) is 5.91 Å². The molecule has 3 rings (SSSR count). The summed E-state index contributed by atoms with van der Waals surface area (Å²) < 4.78 is 5.42. The minimum absolute atomic E-state index is 0.0557. The zero-order valence-electron chi connectivity index (χ0n) is 14.4. The second-order valence-electron chi connectivity index (χ2n) is 6.06. The molecule has 2 N–H and O–H groups in total. The second-order valence-corrected chi connectivity index (χ2v) is 6.06. The van der Waals surface area contributed by atoms with Crippen LogP contribution in [0.4, 0.5) is 11.4 Å². The topological polar surface area (TPSA) is 53.6 Å². The normalized spacial score (nSPS) is 14.2. The Labute approximate surface area is 149 Å². The lowest BCUT2D eigenvalue weighted by molar-refractivity contribution is -0.121. The van der Waals surface area contributed by atoms with Gasteiger partial charge in [0.15, 0.2) is 0 Å². The number of hydrogen-bond donors (Lipinski definition) is 2. The number of amides is 1. The average Bonchev–Trinajstić information content (AvgIpc) is 2.68. The number of carbonyl (C=O) groups is 1. The zero-order valence-corrected chi connectivity index (χ0v) is 14.4. The number of benzene rings is 2. The number of anilines is 2. The van der Waals surface area contributed by atoms with Gasteiger partial charge in [0.25, 0.3) is 0 Å². The van der Waals surface area contributed by atoms with Gasteiger partial charge in [-0.3, -0.25) is 4.79 Å². The maximum Gasteiger partial charge on any atom is 0.222 e. The minimum atomic E-state index is 0.0557. The van der Waals surface area contributed by atoms with Crippen LogP contribution in [0, 0.1) is 0 Å². The molecule has 0 aromatic heterocycles. The van der Waals surface area contributed by atoms with Crippen LogP contribution in [0.1, 0.15) is 12.0 Å². The van der Waals surface area contributed by atoms with E-state index in [-0.39, 0.29) is 5.91 Å². The molecule has 132 valence electrons. The van der Waals surface area contributed by atoms with Crippen molar-refractivity contribution >= 4 is 17.3 Å². The number of rotatable bonds is 7. The summed E-state index contributed by atoms with van der Waals surface area (Å²) in [5, 5.41) is 6.35. The molecular formula is C20H25N3O2. The quantitative estimate of drug-likeness (QED) is 0.814. The van der Waals surface area contributed by atoms with E-state index in [9.17, 15) is 4.79 Å². The third kappa shape index (κ3) is 5.22. The maximum absolute atomic E-state index is 12.0. The van der Waals surface area contributed by atoms with Crippen molar-refractivity contribution in [3.8, 4) is 0 Å². The van der Waals surface area contributed by atoms with Crippen LogP contribution < -0.4 is 15.5 Å². The Morgan fingerprint density at radius 1 is 1.00 bits per heavy atom. The van der Waals surface area contributed by atoms with Crippen molar-refractivity contribution in [3.05, 3.63) is 60.2 Å². The van der Waals surface area contributed by atoms with Gasteiger partial charge in [-0.05, 0) is 17.7 Å². The molecule has 1 amide bonds. The first-order valence-electron chi connectivity index (χ1n) is 8.79. The average molecular weight is 339 g/mol. The van der Waals surface area contributed by atoms with Crippen molar-refractivity contribution in [1.82, 2.24) is 5.32 Å². The molecule has 2 aromatic carbocycles. The highest BCUT2D eigenvalue weighted by Crippen LogP contribution is 2.26. The van der Waals surface area contributed by atoms with Crippen LogP contribution in [0.2, 0.25) is 0 Å². The summed E-state index contributed by atoms with van der Waals surface area (Å²) in [6, 6.07) is 18.2. The van der Waals surface area contributed by atoms with Crippen LogP contribution in [0.25, 0.3) is 0 Å². The molecule has 1 fully saturated rings. The first kappa shape index (κ1) is 17.3. The highest BCUT2D eigenvalue weighted by Gasteiger charge is 2.14. The van der Waals surface area contributed by atoms with E-state index in [0.29, 0.717) is 19.5 Å². The van der Waals surface area contributed by atoms with Crippen LogP contribution in [0.5, 0.6) is 0 Å². The Balaban J connectivity index is 1.46. The molecule has 0 radical (unpaired) electrons. The van der Waals surface area contributed by atoms with E-state index in [4.69, 9.17) is 4.74 Å². The number of nitrogens with zero attached hydrogens (tertiary/aromatic N) is 1. The van der Waals surface area contributed by atoms with E-state index in [0.717, 1.165) is 37.6 Å². The molecule has 1 aliphatic heterocycles. The molecule has 1 saturated heterocycles. The smallest absolute Gasteiger partial charge is 0.222 e. The number of nitrogens with one attached hydrogen (secondary N) is 2. The highest BCUT2D eigenvalue weighted by molar-refractivity contribution is 5.77. The number of morpholine rings is 1.